The fourth-order valence-corrected chi connectivity index (χ4v) is 2.55. The van der Waals surface area contributed by atoms with Crippen molar-refractivity contribution in [2.24, 2.45) is 0 Å². The van der Waals surface area contributed by atoms with Gasteiger partial charge in [0.2, 0.25) is 11.5 Å². The van der Waals surface area contributed by atoms with Crippen molar-refractivity contribution in [2.75, 3.05) is 0 Å². The van der Waals surface area contributed by atoms with Crippen molar-refractivity contribution < 1.29 is 29.2 Å². The van der Waals surface area contributed by atoms with Gasteiger partial charge in [-0.15, -0.1) is 0 Å². The molecule has 162 valence electrons. The molecule has 0 atom stereocenters. The van der Waals surface area contributed by atoms with Crippen LogP contribution in [0.3, 0.4) is 0 Å². The Balaban J connectivity index is 1.91. The first-order valence-electron chi connectivity index (χ1n) is 8.47. The third-order valence-corrected chi connectivity index (χ3v) is 3.96. The molecule has 0 unspecified atom stereocenters. The summed E-state index contributed by atoms with van der Waals surface area (Å²) < 4.78 is 10.9. The molecule has 0 saturated carbocycles. The normalized spacial score (nSPS) is 10.2. The number of hydrogen-bond acceptors (Lipinski definition) is 10. The molecule has 0 saturated heterocycles. The Morgan fingerprint density at radius 3 is 1.28 bits per heavy atom. The molecular formula is C18H10N4O10. The quantitative estimate of drug-likeness (QED) is 0.342. The highest BCUT2D eigenvalue weighted by Gasteiger charge is 2.23. The summed E-state index contributed by atoms with van der Waals surface area (Å²) in [5.74, 6) is -0.494. The van der Waals surface area contributed by atoms with Crippen LogP contribution in [0.5, 0.6) is 23.0 Å². The van der Waals surface area contributed by atoms with Crippen molar-refractivity contribution in [3.63, 3.8) is 0 Å². The van der Waals surface area contributed by atoms with E-state index in [2.05, 4.69) is 0 Å². The van der Waals surface area contributed by atoms with E-state index in [4.69, 9.17) is 9.47 Å². The molecular weight excluding hydrogens is 432 g/mol. The number of non-ortho nitro benzene ring substituents is 2. The second-order valence-electron chi connectivity index (χ2n) is 6.01. The fraction of sp³-hybridized carbons (Fsp3) is 0. The SMILES string of the molecule is O=[N+]([O-])c1ccc(Oc2cccc(Oc3ccc([N+](=O)[O-])cc3[N+](=O)[O-])c2)c([N+](=O)[O-])c1. The second kappa shape index (κ2) is 8.70. The molecule has 14 nitrogen and oxygen atoms in total. The molecule has 3 aromatic carbocycles. The van der Waals surface area contributed by atoms with Gasteiger partial charge in [0.05, 0.1) is 31.8 Å². The summed E-state index contributed by atoms with van der Waals surface area (Å²) in [5, 5.41) is 44.2. The van der Waals surface area contributed by atoms with Crippen LogP contribution in [0.2, 0.25) is 0 Å². The lowest BCUT2D eigenvalue weighted by atomic mass is 10.2. The van der Waals surface area contributed by atoms with E-state index in [1.54, 1.807) is 0 Å². The summed E-state index contributed by atoms with van der Waals surface area (Å²) in [6, 6.07) is 11.2. The highest BCUT2D eigenvalue weighted by molar-refractivity contribution is 5.56. The van der Waals surface area contributed by atoms with Crippen molar-refractivity contribution in [1.29, 1.82) is 0 Å². The number of rotatable bonds is 8. The van der Waals surface area contributed by atoms with Gasteiger partial charge in [-0.05, 0) is 24.3 Å². The van der Waals surface area contributed by atoms with E-state index in [9.17, 15) is 40.5 Å². The minimum Gasteiger partial charge on any atom is -0.450 e. The maximum atomic E-state index is 11.2. The first-order valence-corrected chi connectivity index (χ1v) is 8.47. The molecule has 0 fully saturated rings. The average Bonchev–Trinajstić information content (AvgIpc) is 2.74. The maximum Gasteiger partial charge on any atom is 0.318 e. The van der Waals surface area contributed by atoms with E-state index in [1.807, 2.05) is 0 Å². The van der Waals surface area contributed by atoms with Crippen LogP contribution in [0.1, 0.15) is 0 Å². The first kappa shape index (κ1) is 21.6. The van der Waals surface area contributed by atoms with Crippen molar-refractivity contribution in [2.45, 2.75) is 0 Å². The summed E-state index contributed by atoms with van der Waals surface area (Å²) in [6.45, 7) is 0. The zero-order chi connectivity index (χ0) is 23.4. The van der Waals surface area contributed by atoms with E-state index in [1.165, 1.54) is 24.3 Å². The van der Waals surface area contributed by atoms with Gasteiger partial charge in [-0.25, -0.2) is 0 Å². The molecule has 0 amide bonds. The molecule has 3 rings (SSSR count). The van der Waals surface area contributed by atoms with Gasteiger partial charge < -0.3 is 9.47 Å². The smallest absolute Gasteiger partial charge is 0.318 e. The Bertz CT molecular complexity index is 1170. The van der Waals surface area contributed by atoms with E-state index in [0.29, 0.717) is 0 Å². The third-order valence-electron chi connectivity index (χ3n) is 3.96. The van der Waals surface area contributed by atoms with Crippen LogP contribution in [0, 0.1) is 40.5 Å². The summed E-state index contributed by atoms with van der Waals surface area (Å²) in [7, 11) is 0. The Morgan fingerprint density at radius 2 is 0.938 bits per heavy atom. The highest BCUT2D eigenvalue weighted by Crippen LogP contribution is 2.38. The zero-order valence-corrected chi connectivity index (χ0v) is 15.6. The molecule has 0 aliphatic rings. The maximum absolute atomic E-state index is 11.2. The predicted octanol–water partition coefficient (Wildman–Crippen LogP) is 4.90. The van der Waals surface area contributed by atoms with Gasteiger partial charge in [-0.1, -0.05) is 6.07 Å². The fourth-order valence-electron chi connectivity index (χ4n) is 2.55. The third kappa shape index (κ3) is 4.70. The Labute approximate surface area is 176 Å². The molecule has 0 aromatic heterocycles. The lowest BCUT2D eigenvalue weighted by Crippen LogP contribution is -1.97. The van der Waals surface area contributed by atoms with Crippen LogP contribution in [-0.4, -0.2) is 19.7 Å². The van der Waals surface area contributed by atoms with E-state index < -0.39 is 42.4 Å². The van der Waals surface area contributed by atoms with Crippen LogP contribution >= 0.6 is 0 Å². The summed E-state index contributed by atoms with van der Waals surface area (Å²) in [6.07, 6.45) is 0. The van der Waals surface area contributed by atoms with Gasteiger partial charge in [0, 0.05) is 18.2 Å². The average molecular weight is 442 g/mol. The molecule has 0 bridgehead atoms. The van der Waals surface area contributed by atoms with Crippen molar-refractivity contribution in [3.8, 4) is 23.0 Å². The topological polar surface area (TPSA) is 191 Å². The number of ether oxygens (including phenoxy) is 2. The van der Waals surface area contributed by atoms with Crippen LogP contribution in [0.25, 0.3) is 0 Å². The van der Waals surface area contributed by atoms with Gasteiger partial charge in [-0.3, -0.25) is 40.5 Å². The molecule has 32 heavy (non-hydrogen) atoms. The minimum absolute atomic E-state index is 0.0315. The van der Waals surface area contributed by atoms with Gasteiger partial charge in [0.25, 0.3) is 11.4 Å². The van der Waals surface area contributed by atoms with Gasteiger partial charge in [0.1, 0.15) is 11.5 Å². The van der Waals surface area contributed by atoms with Crippen molar-refractivity contribution in [3.05, 3.63) is 101 Å². The molecule has 0 N–H and O–H groups in total. The van der Waals surface area contributed by atoms with Crippen molar-refractivity contribution in [1.82, 2.24) is 0 Å². The van der Waals surface area contributed by atoms with E-state index >= 15 is 0 Å². The number of nitro benzene ring substituents is 4. The number of nitrogens with zero attached hydrogens (tertiary/aromatic N) is 4. The monoisotopic (exact) mass is 442 g/mol. The van der Waals surface area contributed by atoms with Crippen LogP contribution < -0.4 is 9.47 Å². The standard InChI is InChI=1S/C18H10N4O10/c23-19(24)11-4-6-17(15(8-11)21(27)28)31-13-2-1-3-14(10-13)32-18-7-5-12(20(25)26)9-16(18)22(29)30/h1-10H. The van der Waals surface area contributed by atoms with Crippen LogP contribution in [0.15, 0.2) is 60.7 Å². The Kier molecular flexibility index (Phi) is 5.86. The van der Waals surface area contributed by atoms with Gasteiger partial charge in [0.15, 0.2) is 0 Å². The molecule has 14 heteroatoms. The molecule has 0 radical (unpaired) electrons. The number of benzene rings is 3. The predicted molar refractivity (Wildman–Crippen MR) is 106 cm³/mol. The Morgan fingerprint density at radius 1 is 0.531 bits per heavy atom. The second-order valence-corrected chi connectivity index (χ2v) is 6.01. The molecule has 0 aliphatic heterocycles. The number of nitro groups is 4. The minimum atomic E-state index is -0.844. The lowest BCUT2D eigenvalue weighted by molar-refractivity contribution is -0.394. The van der Waals surface area contributed by atoms with E-state index in [0.717, 1.165) is 36.4 Å². The van der Waals surface area contributed by atoms with E-state index in [-0.39, 0.29) is 23.0 Å². The van der Waals surface area contributed by atoms with Gasteiger partial charge in [-0.2, -0.15) is 0 Å². The highest BCUT2D eigenvalue weighted by atomic mass is 16.6. The first-order chi connectivity index (χ1) is 15.2. The summed E-state index contributed by atoms with van der Waals surface area (Å²) >= 11 is 0. The molecule has 0 spiro atoms. The van der Waals surface area contributed by atoms with Gasteiger partial charge >= 0.3 is 11.4 Å². The zero-order valence-electron chi connectivity index (χ0n) is 15.6. The van der Waals surface area contributed by atoms with Crippen LogP contribution in [-0.2, 0) is 0 Å². The van der Waals surface area contributed by atoms with Crippen molar-refractivity contribution >= 4 is 22.7 Å². The number of hydrogen-bond donors (Lipinski definition) is 0. The largest absolute Gasteiger partial charge is 0.450 e. The molecule has 3 aromatic rings. The summed E-state index contributed by atoms with van der Waals surface area (Å²) in [5.41, 5.74) is -2.27. The summed E-state index contributed by atoms with van der Waals surface area (Å²) in [4.78, 5) is 40.9. The van der Waals surface area contributed by atoms with Crippen LogP contribution in [0.4, 0.5) is 22.7 Å². The molecule has 0 heterocycles. The molecule has 0 aliphatic carbocycles. The lowest BCUT2D eigenvalue weighted by Gasteiger charge is -2.09. The Hall–Kier alpha value is -5.14.